The zero-order valence-corrected chi connectivity index (χ0v) is 8.29. The highest BCUT2D eigenvalue weighted by atomic mass is 32.2. The molecule has 1 aromatic carbocycles. The maximum atomic E-state index is 3.45. The molecule has 0 fully saturated rings. The van der Waals surface area contributed by atoms with E-state index < -0.39 is 0 Å². The summed E-state index contributed by atoms with van der Waals surface area (Å²) in [6.07, 6.45) is 0. The third kappa shape index (κ3) is 1.20. The number of fused-ring (bicyclic) bond motifs is 1. The number of aryl methyl sites for hydroxylation is 1. The van der Waals surface area contributed by atoms with Crippen molar-refractivity contribution in [2.45, 2.75) is 18.7 Å². The van der Waals surface area contributed by atoms with Crippen LogP contribution < -0.4 is 5.32 Å². The summed E-state index contributed by atoms with van der Waals surface area (Å²) in [6.45, 7) is 5.45. The minimum absolute atomic E-state index is 1.10. The van der Waals surface area contributed by atoms with Crippen LogP contribution in [0.3, 0.4) is 0 Å². The summed E-state index contributed by atoms with van der Waals surface area (Å²) in [6, 6.07) is 4.42. The Hall–Kier alpha value is -0.630. The Morgan fingerprint density at radius 3 is 3.00 bits per heavy atom. The fourth-order valence-electron chi connectivity index (χ4n) is 1.47. The molecule has 1 nitrogen and oxygen atoms in total. The molecule has 1 aliphatic rings. The van der Waals surface area contributed by atoms with Gasteiger partial charge in [0.05, 0.1) is 5.69 Å². The molecule has 0 aliphatic carbocycles. The molecule has 1 aliphatic heterocycles. The molecule has 0 bridgehead atoms. The second-order valence-electron chi connectivity index (χ2n) is 3.16. The van der Waals surface area contributed by atoms with Crippen LogP contribution in [0.4, 0.5) is 5.69 Å². The van der Waals surface area contributed by atoms with Gasteiger partial charge in [0.1, 0.15) is 0 Å². The van der Waals surface area contributed by atoms with Crippen LogP contribution in [0.1, 0.15) is 11.1 Å². The molecular weight excluding hydrogens is 166 g/mol. The molecule has 0 unspecified atom stereocenters. The fraction of sp³-hybridized carbons (Fsp3) is 0.400. The van der Waals surface area contributed by atoms with Gasteiger partial charge >= 0.3 is 0 Å². The van der Waals surface area contributed by atoms with Crippen molar-refractivity contribution in [2.75, 3.05) is 17.6 Å². The van der Waals surface area contributed by atoms with E-state index in [9.17, 15) is 0 Å². The van der Waals surface area contributed by atoms with Gasteiger partial charge in [0, 0.05) is 17.2 Å². The van der Waals surface area contributed by atoms with Gasteiger partial charge in [0.25, 0.3) is 0 Å². The molecule has 12 heavy (non-hydrogen) atoms. The summed E-state index contributed by atoms with van der Waals surface area (Å²) >= 11 is 1.95. The van der Waals surface area contributed by atoms with Crippen LogP contribution in [0.5, 0.6) is 0 Å². The third-order valence-corrected chi connectivity index (χ3v) is 3.42. The van der Waals surface area contributed by atoms with Gasteiger partial charge in [-0.25, -0.2) is 0 Å². The first-order valence-corrected chi connectivity index (χ1v) is 5.24. The quantitative estimate of drug-likeness (QED) is 0.657. The highest BCUT2D eigenvalue weighted by Gasteiger charge is 2.11. The van der Waals surface area contributed by atoms with E-state index in [1.165, 1.54) is 27.5 Å². The average Bonchev–Trinajstić information content (AvgIpc) is 2.12. The van der Waals surface area contributed by atoms with E-state index in [2.05, 4.69) is 31.3 Å². The summed E-state index contributed by atoms with van der Waals surface area (Å²) in [7, 11) is 0. The summed E-state index contributed by atoms with van der Waals surface area (Å²) in [5.74, 6) is 1.19. The lowest BCUT2D eigenvalue weighted by Crippen LogP contribution is -2.11. The number of hydrogen-bond acceptors (Lipinski definition) is 2. The van der Waals surface area contributed by atoms with E-state index in [-0.39, 0.29) is 0 Å². The minimum Gasteiger partial charge on any atom is -0.383 e. The molecule has 1 heterocycles. The Bertz CT molecular complexity index is 307. The zero-order chi connectivity index (χ0) is 8.55. The van der Waals surface area contributed by atoms with Crippen molar-refractivity contribution < 1.29 is 0 Å². The van der Waals surface area contributed by atoms with Crippen LogP contribution in [0.15, 0.2) is 17.0 Å². The van der Waals surface area contributed by atoms with E-state index >= 15 is 0 Å². The predicted molar refractivity (Wildman–Crippen MR) is 55.1 cm³/mol. The smallest absolute Gasteiger partial charge is 0.0511 e. The van der Waals surface area contributed by atoms with Gasteiger partial charge in [0.15, 0.2) is 0 Å². The SMILES string of the molecule is Cc1ccc2c(c1C)NCCS2. The van der Waals surface area contributed by atoms with Crippen molar-refractivity contribution >= 4 is 17.4 Å². The van der Waals surface area contributed by atoms with Gasteiger partial charge in [-0.2, -0.15) is 0 Å². The topological polar surface area (TPSA) is 12.0 Å². The molecule has 1 aromatic rings. The second kappa shape index (κ2) is 3.02. The highest BCUT2D eigenvalue weighted by molar-refractivity contribution is 7.99. The largest absolute Gasteiger partial charge is 0.383 e. The first kappa shape index (κ1) is 7.99. The molecule has 0 spiro atoms. The number of nitrogens with one attached hydrogen (secondary N) is 1. The molecule has 0 aromatic heterocycles. The van der Waals surface area contributed by atoms with E-state index in [1.807, 2.05) is 11.8 Å². The van der Waals surface area contributed by atoms with Crippen molar-refractivity contribution in [1.82, 2.24) is 0 Å². The van der Waals surface area contributed by atoms with E-state index in [0.717, 1.165) is 6.54 Å². The van der Waals surface area contributed by atoms with Crippen molar-refractivity contribution in [3.63, 3.8) is 0 Å². The monoisotopic (exact) mass is 179 g/mol. The van der Waals surface area contributed by atoms with Crippen molar-refractivity contribution in [2.24, 2.45) is 0 Å². The van der Waals surface area contributed by atoms with Crippen LogP contribution in [0.2, 0.25) is 0 Å². The number of rotatable bonds is 0. The number of thioether (sulfide) groups is 1. The molecule has 64 valence electrons. The van der Waals surface area contributed by atoms with Crippen LogP contribution in [-0.2, 0) is 0 Å². The summed E-state index contributed by atoms with van der Waals surface area (Å²) < 4.78 is 0. The first-order chi connectivity index (χ1) is 5.79. The lowest BCUT2D eigenvalue weighted by atomic mass is 10.1. The van der Waals surface area contributed by atoms with Gasteiger partial charge in [-0.15, -0.1) is 11.8 Å². The van der Waals surface area contributed by atoms with Gasteiger partial charge in [0.2, 0.25) is 0 Å². The molecule has 2 heteroatoms. The normalized spacial score (nSPS) is 15.2. The molecule has 0 atom stereocenters. The molecule has 2 rings (SSSR count). The molecule has 0 saturated carbocycles. The summed E-state index contributed by atoms with van der Waals surface area (Å²) in [5, 5.41) is 3.45. The van der Waals surface area contributed by atoms with Crippen LogP contribution >= 0.6 is 11.8 Å². The van der Waals surface area contributed by atoms with Crippen LogP contribution in [-0.4, -0.2) is 12.3 Å². The Balaban J connectivity index is 2.54. The number of hydrogen-bond donors (Lipinski definition) is 1. The van der Waals surface area contributed by atoms with Gasteiger partial charge in [-0.3, -0.25) is 0 Å². The lowest BCUT2D eigenvalue weighted by molar-refractivity contribution is 1.14. The molecular formula is C10H13NS. The van der Waals surface area contributed by atoms with Crippen LogP contribution in [0.25, 0.3) is 0 Å². The average molecular weight is 179 g/mol. The van der Waals surface area contributed by atoms with E-state index in [4.69, 9.17) is 0 Å². The van der Waals surface area contributed by atoms with Gasteiger partial charge < -0.3 is 5.32 Å². The lowest BCUT2D eigenvalue weighted by Gasteiger charge is -2.20. The molecule has 0 radical (unpaired) electrons. The fourth-order valence-corrected chi connectivity index (χ4v) is 2.43. The molecule has 1 N–H and O–H groups in total. The maximum Gasteiger partial charge on any atom is 0.0511 e. The third-order valence-electron chi connectivity index (χ3n) is 2.36. The molecule has 0 amide bonds. The van der Waals surface area contributed by atoms with Gasteiger partial charge in [-0.05, 0) is 31.0 Å². The maximum absolute atomic E-state index is 3.45. The van der Waals surface area contributed by atoms with Crippen molar-refractivity contribution in [3.8, 4) is 0 Å². The summed E-state index contributed by atoms with van der Waals surface area (Å²) in [5.41, 5.74) is 4.13. The Kier molecular flexibility index (Phi) is 2.01. The van der Waals surface area contributed by atoms with E-state index in [1.54, 1.807) is 0 Å². The highest BCUT2D eigenvalue weighted by Crippen LogP contribution is 2.34. The Labute approximate surface area is 77.6 Å². The van der Waals surface area contributed by atoms with Crippen molar-refractivity contribution in [3.05, 3.63) is 23.3 Å². The minimum atomic E-state index is 1.10. The molecule has 0 saturated heterocycles. The standard InChI is InChI=1S/C10H13NS/c1-7-3-4-9-10(8(7)2)11-5-6-12-9/h3-4,11H,5-6H2,1-2H3. The Morgan fingerprint density at radius 1 is 1.33 bits per heavy atom. The Morgan fingerprint density at radius 2 is 2.17 bits per heavy atom. The zero-order valence-electron chi connectivity index (χ0n) is 7.48. The predicted octanol–water partition coefficient (Wildman–Crippen LogP) is 2.82. The van der Waals surface area contributed by atoms with E-state index in [0.29, 0.717) is 0 Å². The number of benzene rings is 1. The van der Waals surface area contributed by atoms with Crippen molar-refractivity contribution in [1.29, 1.82) is 0 Å². The first-order valence-electron chi connectivity index (χ1n) is 4.26. The summed E-state index contributed by atoms with van der Waals surface area (Å²) in [4.78, 5) is 1.41. The van der Waals surface area contributed by atoms with Gasteiger partial charge in [-0.1, -0.05) is 6.07 Å². The second-order valence-corrected chi connectivity index (χ2v) is 4.29. The number of anilines is 1. The van der Waals surface area contributed by atoms with Crippen LogP contribution in [0, 0.1) is 13.8 Å².